The quantitative estimate of drug-likeness (QED) is 0.813. The van der Waals surface area contributed by atoms with Gasteiger partial charge in [0, 0.05) is 26.6 Å². The van der Waals surface area contributed by atoms with Gasteiger partial charge in [0.1, 0.15) is 6.04 Å². The molecular formula is C16H26N4O3. The Hall–Kier alpha value is -1.63. The summed E-state index contributed by atoms with van der Waals surface area (Å²) in [5.41, 5.74) is 0. The minimum absolute atomic E-state index is 0.0906. The third-order valence-corrected chi connectivity index (χ3v) is 4.79. The number of hydrogen-bond donors (Lipinski definition) is 1. The number of amides is 2. The number of carbonyl (C=O) groups is 1. The molecule has 2 aliphatic rings. The van der Waals surface area contributed by atoms with Crippen LogP contribution in [-0.4, -0.2) is 47.9 Å². The van der Waals surface area contributed by atoms with Gasteiger partial charge in [0.2, 0.25) is 5.89 Å². The molecule has 1 N–H and O–H groups in total. The Bertz CT molecular complexity index is 513. The molecule has 1 saturated heterocycles. The molecule has 1 unspecified atom stereocenters. The van der Waals surface area contributed by atoms with Crippen LogP contribution >= 0.6 is 0 Å². The molecule has 23 heavy (non-hydrogen) atoms. The molecule has 7 heteroatoms. The lowest BCUT2D eigenvalue weighted by Gasteiger charge is -2.20. The third kappa shape index (κ3) is 4.02. The van der Waals surface area contributed by atoms with Crippen molar-refractivity contribution in [1.29, 1.82) is 0 Å². The van der Waals surface area contributed by atoms with E-state index < -0.39 is 0 Å². The van der Waals surface area contributed by atoms with E-state index >= 15 is 0 Å². The van der Waals surface area contributed by atoms with Gasteiger partial charge in [0.15, 0.2) is 5.82 Å². The largest absolute Gasteiger partial charge is 0.381 e. The van der Waals surface area contributed by atoms with Crippen LogP contribution < -0.4 is 5.32 Å². The topological polar surface area (TPSA) is 80.5 Å². The number of rotatable bonds is 6. The first-order valence-electron chi connectivity index (χ1n) is 8.66. The van der Waals surface area contributed by atoms with Crippen molar-refractivity contribution in [2.75, 3.05) is 26.8 Å². The van der Waals surface area contributed by atoms with E-state index in [0.717, 1.165) is 31.9 Å². The minimum atomic E-state index is -0.101. The maximum absolute atomic E-state index is 11.8. The van der Waals surface area contributed by atoms with Gasteiger partial charge >= 0.3 is 6.03 Å². The first-order valence-corrected chi connectivity index (χ1v) is 8.66. The molecule has 0 spiro atoms. The number of ether oxygens (including phenoxy) is 1. The summed E-state index contributed by atoms with van der Waals surface area (Å²) >= 11 is 0. The average Bonchev–Trinajstić information content (AvgIpc) is 3.31. The maximum atomic E-state index is 11.8. The van der Waals surface area contributed by atoms with Gasteiger partial charge in [-0.25, -0.2) is 4.79 Å². The van der Waals surface area contributed by atoms with Gasteiger partial charge in [-0.2, -0.15) is 4.98 Å². The molecule has 0 bridgehead atoms. The molecule has 0 aromatic carbocycles. The standard InChI is InChI=1S/C16H26N4O3/c1-17-16(21)20-9-4-7-13(20)15-18-14(19-23-15)8-10-22-11-12-5-2-3-6-12/h12-13H,2-11H2,1H3,(H,17,21). The van der Waals surface area contributed by atoms with E-state index in [1.54, 1.807) is 11.9 Å². The summed E-state index contributed by atoms with van der Waals surface area (Å²) in [6, 6.07) is -0.192. The van der Waals surface area contributed by atoms with E-state index in [4.69, 9.17) is 9.26 Å². The first-order chi connectivity index (χ1) is 11.3. The lowest BCUT2D eigenvalue weighted by molar-refractivity contribution is 0.102. The predicted octanol–water partition coefficient (Wildman–Crippen LogP) is 2.30. The van der Waals surface area contributed by atoms with E-state index in [1.807, 2.05) is 0 Å². The number of nitrogens with zero attached hydrogens (tertiary/aromatic N) is 3. The fourth-order valence-electron chi connectivity index (χ4n) is 3.50. The highest BCUT2D eigenvalue weighted by Gasteiger charge is 2.33. The zero-order valence-corrected chi connectivity index (χ0v) is 13.8. The Labute approximate surface area is 136 Å². The summed E-state index contributed by atoms with van der Waals surface area (Å²) in [5, 5.41) is 6.68. The van der Waals surface area contributed by atoms with Crippen LogP contribution in [0.25, 0.3) is 0 Å². The zero-order valence-electron chi connectivity index (χ0n) is 13.8. The second-order valence-electron chi connectivity index (χ2n) is 6.43. The smallest absolute Gasteiger partial charge is 0.317 e. The van der Waals surface area contributed by atoms with Gasteiger partial charge in [-0.1, -0.05) is 18.0 Å². The van der Waals surface area contributed by atoms with Crippen molar-refractivity contribution >= 4 is 6.03 Å². The van der Waals surface area contributed by atoms with Gasteiger partial charge in [0.25, 0.3) is 0 Å². The Balaban J connectivity index is 1.46. The summed E-state index contributed by atoms with van der Waals surface area (Å²) in [5.74, 6) is 1.93. The molecule has 2 fully saturated rings. The Morgan fingerprint density at radius 3 is 2.96 bits per heavy atom. The third-order valence-electron chi connectivity index (χ3n) is 4.79. The van der Waals surface area contributed by atoms with Crippen molar-refractivity contribution in [3.63, 3.8) is 0 Å². The molecule has 7 nitrogen and oxygen atoms in total. The van der Waals surface area contributed by atoms with Crippen molar-refractivity contribution in [3.05, 3.63) is 11.7 Å². The highest BCUT2D eigenvalue weighted by molar-refractivity contribution is 5.74. The number of urea groups is 1. The molecule has 2 heterocycles. The molecule has 1 aromatic heterocycles. The van der Waals surface area contributed by atoms with Gasteiger partial charge in [0.05, 0.1) is 6.61 Å². The van der Waals surface area contributed by atoms with E-state index in [2.05, 4.69) is 15.5 Å². The maximum Gasteiger partial charge on any atom is 0.317 e. The van der Waals surface area contributed by atoms with E-state index in [9.17, 15) is 4.79 Å². The fourth-order valence-corrected chi connectivity index (χ4v) is 3.50. The number of aromatic nitrogens is 2. The van der Waals surface area contributed by atoms with Crippen LogP contribution in [0.1, 0.15) is 56.3 Å². The van der Waals surface area contributed by atoms with Crippen LogP contribution in [0.3, 0.4) is 0 Å². The van der Waals surface area contributed by atoms with Crippen molar-refractivity contribution in [2.24, 2.45) is 5.92 Å². The SMILES string of the molecule is CNC(=O)N1CCCC1c1nc(CCOCC2CCCC2)no1. The Morgan fingerprint density at radius 1 is 1.35 bits per heavy atom. The molecule has 1 aliphatic heterocycles. The summed E-state index contributed by atoms with van der Waals surface area (Å²) in [4.78, 5) is 18.1. The number of likely N-dealkylation sites (tertiary alicyclic amines) is 1. The van der Waals surface area contributed by atoms with E-state index in [0.29, 0.717) is 24.7 Å². The molecule has 128 valence electrons. The van der Waals surface area contributed by atoms with Gasteiger partial charge < -0.3 is 19.5 Å². The second-order valence-corrected chi connectivity index (χ2v) is 6.43. The summed E-state index contributed by atoms with van der Waals surface area (Å²) in [7, 11) is 1.64. The summed E-state index contributed by atoms with van der Waals surface area (Å²) in [6.07, 6.45) is 7.75. The van der Waals surface area contributed by atoms with Gasteiger partial charge in [-0.15, -0.1) is 0 Å². The molecule has 1 aliphatic carbocycles. The summed E-state index contributed by atoms with van der Waals surface area (Å²) in [6.45, 7) is 2.20. The molecule has 1 saturated carbocycles. The Kier molecular flexibility index (Phi) is 5.48. The molecule has 3 rings (SSSR count). The normalized spacial score (nSPS) is 22.0. The van der Waals surface area contributed by atoms with Crippen LogP contribution in [0.4, 0.5) is 4.79 Å². The Morgan fingerprint density at radius 2 is 2.17 bits per heavy atom. The number of carbonyl (C=O) groups excluding carboxylic acids is 1. The van der Waals surface area contributed by atoms with Crippen molar-refractivity contribution < 1.29 is 14.1 Å². The van der Waals surface area contributed by atoms with E-state index in [1.165, 1.54) is 25.7 Å². The van der Waals surface area contributed by atoms with E-state index in [-0.39, 0.29) is 12.1 Å². The summed E-state index contributed by atoms with van der Waals surface area (Å²) < 4.78 is 11.1. The van der Waals surface area contributed by atoms with Crippen LogP contribution in [-0.2, 0) is 11.2 Å². The molecule has 0 radical (unpaired) electrons. The van der Waals surface area contributed by atoms with Gasteiger partial charge in [-0.3, -0.25) is 0 Å². The average molecular weight is 322 g/mol. The van der Waals surface area contributed by atoms with Crippen molar-refractivity contribution in [1.82, 2.24) is 20.4 Å². The zero-order chi connectivity index (χ0) is 16.1. The highest BCUT2D eigenvalue weighted by Crippen LogP contribution is 2.30. The van der Waals surface area contributed by atoms with Crippen LogP contribution in [0, 0.1) is 5.92 Å². The first kappa shape index (κ1) is 16.2. The highest BCUT2D eigenvalue weighted by atomic mass is 16.5. The number of hydrogen-bond acceptors (Lipinski definition) is 5. The fraction of sp³-hybridized carbons (Fsp3) is 0.812. The number of nitrogens with one attached hydrogen (secondary N) is 1. The lowest BCUT2D eigenvalue weighted by atomic mass is 10.1. The minimum Gasteiger partial charge on any atom is -0.381 e. The molecular weight excluding hydrogens is 296 g/mol. The lowest BCUT2D eigenvalue weighted by Crippen LogP contribution is -2.37. The van der Waals surface area contributed by atoms with Crippen LogP contribution in [0.5, 0.6) is 0 Å². The predicted molar refractivity (Wildman–Crippen MR) is 83.9 cm³/mol. The van der Waals surface area contributed by atoms with Crippen molar-refractivity contribution in [3.8, 4) is 0 Å². The molecule has 1 aromatic rings. The molecule has 2 amide bonds. The van der Waals surface area contributed by atoms with Crippen LogP contribution in [0.15, 0.2) is 4.52 Å². The monoisotopic (exact) mass is 322 g/mol. The van der Waals surface area contributed by atoms with Gasteiger partial charge in [-0.05, 0) is 31.6 Å². The molecule has 1 atom stereocenters. The van der Waals surface area contributed by atoms with Crippen LogP contribution in [0.2, 0.25) is 0 Å². The second kappa shape index (κ2) is 7.77. The van der Waals surface area contributed by atoms with Crippen molar-refractivity contribution in [2.45, 2.75) is 51.0 Å².